The van der Waals surface area contributed by atoms with E-state index >= 15 is 0 Å². The van der Waals surface area contributed by atoms with Crippen molar-refractivity contribution in [1.82, 2.24) is 20.2 Å². The van der Waals surface area contributed by atoms with Crippen LogP contribution in [-0.4, -0.2) is 20.2 Å². The molecule has 0 bridgehead atoms. The second kappa shape index (κ2) is 3.42. The van der Waals surface area contributed by atoms with E-state index in [0.717, 1.165) is 5.82 Å². The van der Waals surface area contributed by atoms with E-state index in [9.17, 15) is 0 Å². The lowest BCUT2D eigenvalue weighted by atomic mass is 10.2. The molecular weight excluding hydrogens is 202 g/mol. The first kappa shape index (κ1) is 9.04. The SMILES string of the molecule is N#Cc1ccc(-c2n[nH]c(C3CC3)n2)nc1. The van der Waals surface area contributed by atoms with Gasteiger partial charge in [0.05, 0.1) is 5.56 Å². The maximum Gasteiger partial charge on any atom is 0.199 e. The monoisotopic (exact) mass is 211 g/mol. The third-order valence-corrected chi connectivity index (χ3v) is 2.59. The molecule has 5 heteroatoms. The molecule has 1 aliphatic carbocycles. The quantitative estimate of drug-likeness (QED) is 0.818. The van der Waals surface area contributed by atoms with Crippen molar-refractivity contribution in [3.8, 4) is 17.6 Å². The van der Waals surface area contributed by atoms with Crippen molar-refractivity contribution in [2.24, 2.45) is 0 Å². The largest absolute Gasteiger partial charge is 0.262 e. The van der Waals surface area contributed by atoms with Gasteiger partial charge in [-0.3, -0.25) is 10.1 Å². The molecule has 1 aliphatic rings. The molecule has 0 amide bonds. The number of aromatic amines is 1. The first-order valence-electron chi connectivity index (χ1n) is 5.15. The minimum absolute atomic E-state index is 0.543. The van der Waals surface area contributed by atoms with E-state index < -0.39 is 0 Å². The van der Waals surface area contributed by atoms with Crippen LogP contribution in [0.3, 0.4) is 0 Å². The maximum atomic E-state index is 8.66. The third-order valence-electron chi connectivity index (χ3n) is 2.59. The van der Waals surface area contributed by atoms with Gasteiger partial charge in [-0.25, -0.2) is 4.98 Å². The van der Waals surface area contributed by atoms with Gasteiger partial charge in [-0.2, -0.15) is 10.4 Å². The molecule has 2 aromatic heterocycles. The Kier molecular flexibility index (Phi) is 1.93. The molecule has 0 spiro atoms. The number of pyridine rings is 1. The number of H-pyrrole nitrogens is 1. The van der Waals surface area contributed by atoms with Gasteiger partial charge in [0.15, 0.2) is 5.82 Å². The summed E-state index contributed by atoms with van der Waals surface area (Å²) in [6.45, 7) is 0. The highest BCUT2D eigenvalue weighted by atomic mass is 15.2. The molecule has 0 saturated heterocycles. The number of hydrogen-bond donors (Lipinski definition) is 1. The van der Waals surface area contributed by atoms with Crippen LogP contribution >= 0.6 is 0 Å². The van der Waals surface area contributed by atoms with Crippen LogP contribution in [0.25, 0.3) is 11.5 Å². The number of nitriles is 1. The summed E-state index contributed by atoms with van der Waals surface area (Å²) in [6.07, 6.45) is 3.91. The highest BCUT2D eigenvalue weighted by Crippen LogP contribution is 2.38. The second-order valence-electron chi connectivity index (χ2n) is 3.86. The first-order chi connectivity index (χ1) is 7.86. The van der Waals surface area contributed by atoms with Crippen LogP contribution in [0, 0.1) is 11.3 Å². The summed E-state index contributed by atoms with van der Waals surface area (Å²) in [5.41, 5.74) is 1.24. The van der Waals surface area contributed by atoms with Crippen molar-refractivity contribution in [3.05, 3.63) is 29.7 Å². The summed E-state index contributed by atoms with van der Waals surface area (Å²) in [5, 5.41) is 15.7. The van der Waals surface area contributed by atoms with Gasteiger partial charge in [0.1, 0.15) is 17.6 Å². The minimum atomic E-state index is 0.543. The van der Waals surface area contributed by atoms with Gasteiger partial charge in [-0.1, -0.05) is 0 Å². The molecule has 78 valence electrons. The lowest BCUT2D eigenvalue weighted by Crippen LogP contribution is -1.87. The fraction of sp³-hybridized carbons (Fsp3) is 0.273. The van der Waals surface area contributed by atoms with Crippen molar-refractivity contribution in [2.45, 2.75) is 18.8 Å². The highest BCUT2D eigenvalue weighted by Gasteiger charge is 2.27. The average Bonchev–Trinajstić information content (AvgIpc) is 3.08. The fourth-order valence-corrected chi connectivity index (χ4v) is 1.52. The van der Waals surface area contributed by atoms with Crippen molar-refractivity contribution in [2.75, 3.05) is 0 Å². The minimum Gasteiger partial charge on any atom is -0.262 e. The Morgan fingerprint density at radius 2 is 2.25 bits per heavy atom. The van der Waals surface area contributed by atoms with E-state index in [1.807, 2.05) is 6.07 Å². The molecular formula is C11H9N5. The van der Waals surface area contributed by atoms with Crippen LogP contribution in [0.5, 0.6) is 0 Å². The van der Waals surface area contributed by atoms with Gasteiger partial charge in [-0.05, 0) is 25.0 Å². The Hall–Kier alpha value is -2.22. The number of rotatable bonds is 2. The van der Waals surface area contributed by atoms with Crippen LogP contribution in [-0.2, 0) is 0 Å². The third kappa shape index (κ3) is 1.54. The molecule has 1 N–H and O–H groups in total. The Bertz CT molecular complexity index is 544. The van der Waals surface area contributed by atoms with Crippen LogP contribution < -0.4 is 0 Å². The zero-order valence-corrected chi connectivity index (χ0v) is 8.51. The second-order valence-corrected chi connectivity index (χ2v) is 3.86. The van der Waals surface area contributed by atoms with Gasteiger partial charge in [0, 0.05) is 12.1 Å². The summed E-state index contributed by atoms with van der Waals surface area (Å²) in [7, 11) is 0. The van der Waals surface area contributed by atoms with Gasteiger partial charge < -0.3 is 0 Å². The number of hydrogen-bond acceptors (Lipinski definition) is 4. The van der Waals surface area contributed by atoms with Crippen LogP contribution in [0.4, 0.5) is 0 Å². The average molecular weight is 211 g/mol. The molecule has 16 heavy (non-hydrogen) atoms. The van der Waals surface area contributed by atoms with E-state index in [4.69, 9.17) is 5.26 Å². The van der Waals surface area contributed by atoms with E-state index in [2.05, 4.69) is 20.2 Å². The Labute approximate surface area is 92.2 Å². The zero-order chi connectivity index (χ0) is 11.0. The lowest BCUT2D eigenvalue weighted by Gasteiger charge is -1.92. The molecule has 3 rings (SSSR count). The standard InChI is InChI=1S/C11H9N5/c12-5-7-1-4-9(13-6-7)11-14-10(15-16-11)8-2-3-8/h1,4,6,8H,2-3H2,(H,14,15,16). The summed E-state index contributed by atoms with van der Waals surface area (Å²) in [5.74, 6) is 2.10. The number of aromatic nitrogens is 4. The molecule has 0 aliphatic heterocycles. The molecule has 0 aromatic carbocycles. The predicted molar refractivity (Wildman–Crippen MR) is 56.3 cm³/mol. The van der Waals surface area contributed by atoms with Crippen LogP contribution in [0.15, 0.2) is 18.3 Å². The van der Waals surface area contributed by atoms with E-state index in [-0.39, 0.29) is 0 Å². The van der Waals surface area contributed by atoms with Gasteiger partial charge in [-0.15, -0.1) is 0 Å². The Balaban J connectivity index is 1.92. The molecule has 2 heterocycles. The van der Waals surface area contributed by atoms with Crippen molar-refractivity contribution in [3.63, 3.8) is 0 Å². The number of nitrogens with one attached hydrogen (secondary N) is 1. The molecule has 0 radical (unpaired) electrons. The van der Waals surface area contributed by atoms with Crippen LogP contribution in [0.2, 0.25) is 0 Å². The molecule has 0 atom stereocenters. The summed E-state index contributed by atoms with van der Waals surface area (Å²) < 4.78 is 0. The zero-order valence-electron chi connectivity index (χ0n) is 8.51. The molecule has 1 saturated carbocycles. The summed E-state index contributed by atoms with van der Waals surface area (Å²) in [6, 6.07) is 5.51. The lowest BCUT2D eigenvalue weighted by molar-refractivity contribution is 0.935. The van der Waals surface area contributed by atoms with Gasteiger partial charge in [0.2, 0.25) is 0 Å². The van der Waals surface area contributed by atoms with Crippen molar-refractivity contribution >= 4 is 0 Å². The topological polar surface area (TPSA) is 78.2 Å². The van der Waals surface area contributed by atoms with Crippen LogP contribution in [0.1, 0.15) is 30.1 Å². The molecule has 1 fully saturated rings. The molecule has 0 unspecified atom stereocenters. The van der Waals surface area contributed by atoms with Gasteiger partial charge >= 0.3 is 0 Å². The maximum absolute atomic E-state index is 8.66. The van der Waals surface area contributed by atoms with Gasteiger partial charge in [0.25, 0.3) is 0 Å². The first-order valence-corrected chi connectivity index (χ1v) is 5.15. The molecule has 2 aromatic rings. The van der Waals surface area contributed by atoms with E-state index in [0.29, 0.717) is 23.0 Å². The van der Waals surface area contributed by atoms with Crippen molar-refractivity contribution in [1.29, 1.82) is 5.26 Å². The highest BCUT2D eigenvalue weighted by molar-refractivity contribution is 5.49. The Morgan fingerprint density at radius 1 is 1.38 bits per heavy atom. The number of nitrogens with zero attached hydrogens (tertiary/aromatic N) is 4. The van der Waals surface area contributed by atoms with E-state index in [1.54, 1.807) is 12.1 Å². The predicted octanol–water partition coefficient (Wildman–Crippen LogP) is 1.62. The van der Waals surface area contributed by atoms with Crippen molar-refractivity contribution < 1.29 is 0 Å². The van der Waals surface area contributed by atoms with E-state index in [1.165, 1.54) is 19.0 Å². The normalized spacial score (nSPS) is 14.7. The Morgan fingerprint density at radius 3 is 2.88 bits per heavy atom. The summed E-state index contributed by atoms with van der Waals surface area (Å²) >= 11 is 0. The fourth-order valence-electron chi connectivity index (χ4n) is 1.52. The smallest absolute Gasteiger partial charge is 0.199 e. The summed E-state index contributed by atoms with van der Waals surface area (Å²) in [4.78, 5) is 8.53. The molecule has 5 nitrogen and oxygen atoms in total.